The van der Waals surface area contributed by atoms with Crippen LogP contribution in [0.4, 0.5) is 5.82 Å². The number of hydrogen-bond donors (Lipinski definition) is 2. The molecule has 2 aromatic heterocycles. The summed E-state index contributed by atoms with van der Waals surface area (Å²) >= 11 is 0. The SMILES string of the molecule is CCc1nc(NN)cc(OCc2ccco2)n1. The van der Waals surface area contributed by atoms with Gasteiger partial charge in [-0.05, 0) is 12.1 Å². The predicted octanol–water partition coefficient (Wildman–Crippen LogP) is 1.50. The number of aromatic nitrogens is 2. The molecule has 3 N–H and O–H groups in total. The van der Waals surface area contributed by atoms with Gasteiger partial charge in [0, 0.05) is 12.5 Å². The van der Waals surface area contributed by atoms with Gasteiger partial charge in [-0.2, -0.15) is 4.98 Å². The molecule has 0 bridgehead atoms. The van der Waals surface area contributed by atoms with Gasteiger partial charge in [-0.25, -0.2) is 10.8 Å². The summed E-state index contributed by atoms with van der Waals surface area (Å²) in [6.07, 6.45) is 2.32. The van der Waals surface area contributed by atoms with E-state index in [1.165, 1.54) is 0 Å². The number of rotatable bonds is 5. The Balaban J connectivity index is 2.09. The molecule has 0 amide bonds. The zero-order chi connectivity index (χ0) is 12.1. The van der Waals surface area contributed by atoms with Crippen molar-refractivity contribution >= 4 is 5.82 Å². The normalized spacial score (nSPS) is 10.2. The maximum atomic E-state index is 5.49. The van der Waals surface area contributed by atoms with Crippen molar-refractivity contribution in [1.82, 2.24) is 9.97 Å². The van der Waals surface area contributed by atoms with Gasteiger partial charge in [0.25, 0.3) is 0 Å². The number of anilines is 1. The molecule has 0 aliphatic heterocycles. The van der Waals surface area contributed by atoms with Gasteiger partial charge < -0.3 is 14.6 Å². The number of nitrogens with two attached hydrogens (primary N) is 1. The first-order chi connectivity index (χ1) is 8.31. The highest BCUT2D eigenvalue weighted by Gasteiger charge is 2.04. The van der Waals surface area contributed by atoms with Crippen molar-refractivity contribution in [3.05, 3.63) is 36.0 Å². The van der Waals surface area contributed by atoms with Crippen LogP contribution in [0.5, 0.6) is 5.88 Å². The van der Waals surface area contributed by atoms with Crippen molar-refractivity contribution in [2.24, 2.45) is 5.84 Å². The quantitative estimate of drug-likeness (QED) is 0.602. The van der Waals surface area contributed by atoms with Crippen LogP contribution in [-0.2, 0) is 13.0 Å². The third-order valence-corrected chi connectivity index (χ3v) is 2.16. The predicted molar refractivity (Wildman–Crippen MR) is 62.3 cm³/mol. The minimum atomic E-state index is 0.331. The molecule has 0 aromatic carbocycles. The lowest BCUT2D eigenvalue weighted by Crippen LogP contribution is -2.11. The molecule has 0 radical (unpaired) electrons. The molecule has 0 spiro atoms. The largest absolute Gasteiger partial charge is 0.469 e. The summed E-state index contributed by atoms with van der Waals surface area (Å²) in [5.41, 5.74) is 2.48. The van der Waals surface area contributed by atoms with Crippen LogP contribution in [0.25, 0.3) is 0 Å². The van der Waals surface area contributed by atoms with E-state index in [0.29, 0.717) is 30.5 Å². The highest BCUT2D eigenvalue weighted by Crippen LogP contribution is 2.14. The van der Waals surface area contributed by atoms with Gasteiger partial charge >= 0.3 is 0 Å². The molecule has 0 saturated carbocycles. The number of nitrogen functional groups attached to an aromatic ring is 1. The van der Waals surface area contributed by atoms with Crippen LogP contribution in [0.15, 0.2) is 28.9 Å². The van der Waals surface area contributed by atoms with Gasteiger partial charge in [0.2, 0.25) is 5.88 Å². The summed E-state index contributed by atoms with van der Waals surface area (Å²) < 4.78 is 10.7. The molecule has 2 aromatic rings. The lowest BCUT2D eigenvalue weighted by Gasteiger charge is -2.07. The Labute approximate surface area is 98.8 Å². The van der Waals surface area contributed by atoms with Crippen molar-refractivity contribution in [3.8, 4) is 5.88 Å². The van der Waals surface area contributed by atoms with Gasteiger partial charge in [-0.1, -0.05) is 6.92 Å². The zero-order valence-corrected chi connectivity index (χ0v) is 9.51. The van der Waals surface area contributed by atoms with Crippen LogP contribution in [-0.4, -0.2) is 9.97 Å². The van der Waals surface area contributed by atoms with E-state index in [-0.39, 0.29) is 0 Å². The molecule has 17 heavy (non-hydrogen) atoms. The van der Waals surface area contributed by atoms with Gasteiger partial charge in [0.1, 0.15) is 24.0 Å². The Morgan fingerprint density at radius 3 is 3.00 bits per heavy atom. The highest BCUT2D eigenvalue weighted by atomic mass is 16.5. The average molecular weight is 234 g/mol. The number of nitrogens with zero attached hydrogens (tertiary/aromatic N) is 2. The molecule has 6 nitrogen and oxygen atoms in total. The molecule has 6 heteroatoms. The van der Waals surface area contributed by atoms with E-state index in [9.17, 15) is 0 Å². The monoisotopic (exact) mass is 234 g/mol. The fourth-order valence-electron chi connectivity index (χ4n) is 1.32. The Bertz CT molecular complexity index is 448. The average Bonchev–Trinajstić information content (AvgIpc) is 2.89. The second kappa shape index (κ2) is 5.31. The first kappa shape index (κ1) is 11.4. The van der Waals surface area contributed by atoms with Crippen molar-refractivity contribution < 1.29 is 9.15 Å². The van der Waals surface area contributed by atoms with E-state index in [4.69, 9.17) is 15.0 Å². The van der Waals surface area contributed by atoms with Crippen LogP contribution >= 0.6 is 0 Å². The van der Waals surface area contributed by atoms with Crippen molar-refractivity contribution in [3.63, 3.8) is 0 Å². The Kier molecular flexibility index (Phi) is 3.56. The van der Waals surface area contributed by atoms with E-state index < -0.39 is 0 Å². The van der Waals surface area contributed by atoms with E-state index in [1.54, 1.807) is 12.3 Å². The van der Waals surface area contributed by atoms with Gasteiger partial charge in [-0.3, -0.25) is 0 Å². The van der Waals surface area contributed by atoms with Crippen LogP contribution in [0, 0.1) is 0 Å². The smallest absolute Gasteiger partial charge is 0.219 e. The number of furan rings is 1. The maximum Gasteiger partial charge on any atom is 0.219 e. The van der Waals surface area contributed by atoms with E-state index in [0.717, 1.165) is 5.76 Å². The highest BCUT2D eigenvalue weighted by molar-refractivity contribution is 5.36. The minimum absolute atomic E-state index is 0.331. The van der Waals surface area contributed by atoms with E-state index >= 15 is 0 Å². The van der Waals surface area contributed by atoms with Crippen LogP contribution in [0.1, 0.15) is 18.5 Å². The lowest BCUT2D eigenvalue weighted by atomic mass is 10.4. The summed E-state index contributed by atoms with van der Waals surface area (Å²) in [7, 11) is 0. The number of aryl methyl sites for hydroxylation is 1. The first-order valence-corrected chi connectivity index (χ1v) is 5.31. The molecule has 90 valence electrons. The number of hydrogen-bond acceptors (Lipinski definition) is 6. The van der Waals surface area contributed by atoms with Crippen LogP contribution in [0.2, 0.25) is 0 Å². The number of nitrogens with one attached hydrogen (secondary N) is 1. The fourth-order valence-corrected chi connectivity index (χ4v) is 1.32. The molecule has 0 aliphatic rings. The van der Waals surface area contributed by atoms with Crippen molar-refractivity contribution in [2.45, 2.75) is 20.0 Å². The van der Waals surface area contributed by atoms with Crippen LogP contribution in [0.3, 0.4) is 0 Å². The maximum absolute atomic E-state index is 5.49. The molecule has 2 heterocycles. The summed E-state index contributed by atoms with van der Waals surface area (Å²) in [5, 5.41) is 0. The summed E-state index contributed by atoms with van der Waals surface area (Å²) in [6, 6.07) is 5.29. The molecular weight excluding hydrogens is 220 g/mol. The second-order valence-electron chi connectivity index (χ2n) is 3.37. The van der Waals surface area contributed by atoms with Gasteiger partial charge in [0.05, 0.1) is 6.26 Å². The Morgan fingerprint density at radius 2 is 2.35 bits per heavy atom. The number of hydrazine groups is 1. The topological polar surface area (TPSA) is 86.2 Å². The molecule has 0 atom stereocenters. The van der Waals surface area contributed by atoms with E-state index in [1.807, 2.05) is 19.1 Å². The Hall–Kier alpha value is -2.08. The Morgan fingerprint density at radius 1 is 1.47 bits per heavy atom. The summed E-state index contributed by atoms with van der Waals surface area (Å²) in [6.45, 7) is 2.29. The third kappa shape index (κ3) is 2.94. The standard InChI is InChI=1S/C11H14N4O2/c1-2-9-13-10(15-12)6-11(14-9)17-7-8-4-3-5-16-8/h3-6H,2,7,12H2,1H3,(H,13,14,15). The summed E-state index contributed by atoms with van der Waals surface area (Å²) in [4.78, 5) is 8.39. The van der Waals surface area contributed by atoms with Gasteiger partial charge in [-0.15, -0.1) is 0 Å². The number of ether oxygens (including phenoxy) is 1. The minimum Gasteiger partial charge on any atom is -0.469 e. The molecule has 2 rings (SSSR count). The lowest BCUT2D eigenvalue weighted by molar-refractivity contribution is 0.259. The van der Waals surface area contributed by atoms with Crippen molar-refractivity contribution in [1.29, 1.82) is 0 Å². The van der Waals surface area contributed by atoms with Crippen LogP contribution < -0.4 is 16.0 Å². The molecule has 0 aliphatic carbocycles. The molecular formula is C11H14N4O2. The van der Waals surface area contributed by atoms with E-state index in [2.05, 4.69) is 15.4 Å². The zero-order valence-electron chi connectivity index (χ0n) is 9.51. The fraction of sp³-hybridized carbons (Fsp3) is 0.273. The summed E-state index contributed by atoms with van der Waals surface area (Å²) in [5.74, 6) is 7.74. The third-order valence-electron chi connectivity index (χ3n) is 2.16. The molecule has 0 unspecified atom stereocenters. The van der Waals surface area contributed by atoms with Crippen molar-refractivity contribution in [2.75, 3.05) is 5.43 Å². The second-order valence-corrected chi connectivity index (χ2v) is 3.37. The molecule has 0 fully saturated rings. The molecule has 0 saturated heterocycles. The first-order valence-electron chi connectivity index (χ1n) is 5.31. The van der Waals surface area contributed by atoms with Gasteiger partial charge in [0.15, 0.2) is 0 Å².